The van der Waals surface area contributed by atoms with E-state index < -0.39 is 28.3 Å². The second-order valence-corrected chi connectivity index (χ2v) is 4.62. The van der Waals surface area contributed by atoms with Crippen LogP contribution in [0.4, 0.5) is 10.1 Å². The number of aliphatic carboxylic acids is 1. The smallest absolute Gasteiger partial charge is 0.303 e. The Labute approximate surface area is 119 Å². The number of amides is 1. The van der Waals surface area contributed by atoms with Crippen molar-refractivity contribution in [2.24, 2.45) is 0 Å². The summed E-state index contributed by atoms with van der Waals surface area (Å²) in [6, 6.07) is 2.31. The van der Waals surface area contributed by atoms with Crippen molar-refractivity contribution in [1.82, 2.24) is 5.32 Å². The molecule has 2 N–H and O–H groups in total. The molecule has 0 fully saturated rings. The van der Waals surface area contributed by atoms with Crippen molar-refractivity contribution < 1.29 is 24.0 Å². The van der Waals surface area contributed by atoms with E-state index in [0.717, 1.165) is 18.2 Å². The van der Waals surface area contributed by atoms with Gasteiger partial charge in [-0.3, -0.25) is 19.7 Å². The van der Waals surface area contributed by atoms with Crippen molar-refractivity contribution in [3.8, 4) is 0 Å². The zero-order chi connectivity index (χ0) is 16.0. The highest BCUT2D eigenvalue weighted by Gasteiger charge is 2.16. The average molecular weight is 298 g/mol. The van der Waals surface area contributed by atoms with Crippen molar-refractivity contribution in [2.45, 2.75) is 32.2 Å². The van der Waals surface area contributed by atoms with Crippen molar-refractivity contribution >= 4 is 17.6 Å². The fraction of sp³-hybridized carbons (Fsp3) is 0.385. The predicted molar refractivity (Wildman–Crippen MR) is 71.5 cm³/mol. The minimum atomic E-state index is -0.922. The summed E-state index contributed by atoms with van der Waals surface area (Å²) < 4.78 is 13.2. The number of carbonyl (C=O) groups is 2. The molecule has 0 radical (unpaired) electrons. The van der Waals surface area contributed by atoms with Crippen molar-refractivity contribution in [3.05, 3.63) is 39.7 Å². The highest BCUT2D eigenvalue weighted by Crippen LogP contribution is 2.16. The maximum Gasteiger partial charge on any atom is 0.303 e. The van der Waals surface area contributed by atoms with E-state index in [4.69, 9.17) is 5.11 Å². The molecule has 1 amide bonds. The molecule has 1 aromatic carbocycles. The van der Waals surface area contributed by atoms with E-state index >= 15 is 0 Å². The lowest BCUT2D eigenvalue weighted by molar-refractivity contribution is -0.385. The molecule has 0 saturated carbocycles. The summed E-state index contributed by atoms with van der Waals surface area (Å²) in [5.74, 6) is -2.43. The second-order valence-electron chi connectivity index (χ2n) is 4.62. The zero-order valence-corrected chi connectivity index (χ0v) is 11.3. The van der Waals surface area contributed by atoms with Crippen molar-refractivity contribution in [1.29, 1.82) is 0 Å². The first-order valence-electron chi connectivity index (χ1n) is 6.27. The van der Waals surface area contributed by atoms with Gasteiger partial charge >= 0.3 is 5.97 Å². The first kappa shape index (κ1) is 16.5. The second kappa shape index (κ2) is 7.32. The summed E-state index contributed by atoms with van der Waals surface area (Å²) in [6.45, 7) is 1.67. The quantitative estimate of drug-likeness (QED) is 0.591. The van der Waals surface area contributed by atoms with E-state index in [1.54, 1.807) is 6.92 Å². The van der Waals surface area contributed by atoms with Gasteiger partial charge in [0.05, 0.1) is 11.0 Å². The van der Waals surface area contributed by atoms with Gasteiger partial charge in [-0.25, -0.2) is 4.39 Å². The van der Waals surface area contributed by atoms with Crippen LogP contribution in [-0.2, 0) is 4.79 Å². The summed E-state index contributed by atoms with van der Waals surface area (Å²) in [5, 5.41) is 21.7. The Kier molecular flexibility index (Phi) is 5.77. The number of nitro groups is 1. The number of halogens is 1. The number of carboxylic acid groups (broad SMARTS) is 1. The van der Waals surface area contributed by atoms with Crippen LogP contribution >= 0.6 is 0 Å². The maximum atomic E-state index is 13.2. The first-order chi connectivity index (χ1) is 9.79. The number of benzene rings is 1. The van der Waals surface area contributed by atoms with Crippen LogP contribution in [0.5, 0.6) is 0 Å². The van der Waals surface area contributed by atoms with Crippen LogP contribution in [0.1, 0.15) is 36.5 Å². The molecule has 21 heavy (non-hydrogen) atoms. The third kappa shape index (κ3) is 5.55. The van der Waals surface area contributed by atoms with Gasteiger partial charge in [0, 0.05) is 24.1 Å². The number of nitrogens with one attached hydrogen (secondary N) is 1. The maximum absolute atomic E-state index is 13.2. The van der Waals surface area contributed by atoms with Gasteiger partial charge in [0.25, 0.3) is 11.6 Å². The minimum Gasteiger partial charge on any atom is -0.481 e. The number of hydrogen-bond donors (Lipinski definition) is 2. The Morgan fingerprint density at radius 1 is 1.43 bits per heavy atom. The van der Waals surface area contributed by atoms with Crippen LogP contribution in [0.15, 0.2) is 18.2 Å². The average Bonchev–Trinajstić information content (AvgIpc) is 2.37. The topological polar surface area (TPSA) is 110 Å². The van der Waals surface area contributed by atoms with E-state index in [9.17, 15) is 24.1 Å². The molecule has 0 aliphatic heterocycles. The lowest BCUT2D eigenvalue weighted by Gasteiger charge is -2.13. The third-order valence-electron chi connectivity index (χ3n) is 2.76. The highest BCUT2D eigenvalue weighted by molar-refractivity contribution is 5.95. The fourth-order valence-corrected chi connectivity index (χ4v) is 1.75. The molecular weight excluding hydrogens is 283 g/mol. The Balaban J connectivity index is 2.66. The lowest BCUT2D eigenvalue weighted by atomic mass is 10.1. The number of hydrogen-bond acceptors (Lipinski definition) is 4. The highest BCUT2D eigenvalue weighted by atomic mass is 19.1. The summed E-state index contributed by atoms with van der Waals surface area (Å²) in [5.41, 5.74) is -0.648. The Hall–Kier alpha value is -2.51. The van der Waals surface area contributed by atoms with Gasteiger partial charge in [-0.2, -0.15) is 0 Å². The molecule has 0 saturated heterocycles. The summed E-state index contributed by atoms with van der Waals surface area (Å²) in [6.07, 6.45) is 0.821. The molecular formula is C13H15FN2O5. The predicted octanol–water partition coefficient (Wildman–Crippen LogP) is 2.11. The molecule has 7 nitrogen and oxygen atoms in total. The monoisotopic (exact) mass is 298 g/mol. The molecule has 0 aromatic heterocycles. The lowest BCUT2D eigenvalue weighted by Crippen LogP contribution is -2.32. The molecule has 1 atom stereocenters. The number of rotatable bonds is 7. The zero-order valence-electron chi connectivity index (χ0n) is 11.3. The number of nitrogens with zero attached hydrogens (tertiary/aromatic N) is 1. The molecule has 0 aliphatic carbocycles. The Bertz CT molecular complexity index is 561. The van der Waals surface area contributed by atoms with Crippen LogP contribution in [-0.4, -0.2) is 27.9 Å². The molecule has 0 spiro atoms. The van der Waals surface area contributed by atoms with Crippen LogP contribution < -0.4 is 5.32 Å². The van der Waals surface area contributed by atoms with Gasteiger partial charge in [0.15, 0.2) is 0 Å². The van der Waals surface area contributed by atoms with Gasteiger partial charge in [0.1, 0.15) is 5.82 Å². The molecule has 0 heterocycles. The SMILES string of the molecule is CC(CCCC(=O)O)NC(=O)c1cc(F)cc([N+](=O)[O-])c1. The molecule has 1 unspecified atom stereocenters. The minimum absolute atomic E-state index is 0.00829. The van der Waals surface area contributed by atoms with Gasteiger partial charge in [-0.1, -0.05) is 0 Å². The number of non-ortho nitro benzene ring substituents is 1. The molecule has 114 valence electrons. The molecule has 1 aromatic rings. The largest absolute Gasteiger partial charge is 0.481 e. The third-order valence-corrected chi connectivity index (χ3v) is 2.76. The van der Waals surface area contributed by atoms with Crippen molar-refractivity contribution in [3.63, 3.8) is 0 Å². The van der Waals surface area contributed by atoms with E-state index in [0.29, 0.717) is 12.8 Å². The van der Waals surface area contributed by atoms with E-state index in [1.165, 1.54) is 0 Å². The van der Waals surface area contributed by atoms with Crippen molar-refractivity contribution in [2.75, 3.05) is 0 Å². The van der Waals surface area contributed by atoms with Gasteiger partial charge in [-0.05, 0) is 25.8 Å². The van der Waals surface area contributed by atoms with Crippen LogP contribution in [0.2, 0.25) is 0 Å². The van der Waals surface area contributed by atoms with E-state index in [1.807, 2.05) is 0 Å². The number of carbonyl (C=O) groups excluding carboxylic acids is 1. The Morgan fingerprint density at radius 2 is 2.10 bits per heavy atom. The molecule has 1 rings (SSSR count). The van der Waals surface area contributed by atoms with Crippen LogP contribution in [0.3, 0.4) is 0 Å². The number of carboxylic acids is 1. The van der Waals surface area contributed by atoms with E-state index in [-0.39, 0.29) is 18.0 Å². The van der Waals surface area contributed by atoms with Crippen LogP contribution in [0.25, 0.3) is 0 Å². The van der Waals surface area contributed by atoms with E-state index in [2.05, 4.69) is 5.32 Å². The normalized spacial score (nSPS) is 11.7. The fourth-order valence-electron chi connectivity index (χ4n) is 1.75. The number of nitro benzene ring substituents is 1. The van der Waals surface area contributed by atoms with Crippen LogP contribution in [0, 0.1) is 15.9 Å². The molecule has 8 heteroatoms. The van der Waals surface area contributed by atoms with Gasteiger partial charge in [-0.15, -0.1) is 0 Å². The summed E-state index contributed by atoms with van der Waals surface area (Å²) in [7, 11) is 0. The first-order valence-corrected chi connectivity index (χ1v) is 6.27. The standard InChI is InChI=1S/C13H15FN2O5/c1-8(3-2-4-12(17)18)15-13(19)9-5-10(14)7-11(6-9)16(20)21/h5-8H,2-4H2,1H3,(H,15,19)(H,17,18). The van der Waals surface area contributed by atoms with Gasteiger partial charge in [0.2, 0.25) is 0 Å². The summed E-state index contributed by atoms with van der Waals surface area (Å²) in [4.78, 5) is 32.1. The summed E-state index contributed by atoms with van der Waals surface area (Å²) >= 11 is 0. The van der Waals surface area contributed by atoms with Gasteiger partial charge < -0.3 is 10.4 Å². The molecule has 0 bridgehead atoms. The molecule has 0 aliphatic rings. The Morgan fingerprint density at radius 3 is 2.67 bits per heavy atom.